The highest BCUT2D eigenvalue weighted by atomic mass is 16.7. The Morgan fingerprint density at radius 1 is 1.10 bits per heavy atom. The van der Waals surface area contributed by atoms with Gasteiger partial charge in [0.15, 0.2) is 6.29 Å². The molecule has 1 spiro atoms. The second-order valence-corrected chi connectivity index (χ2v) is 7.98. The van der Waals surface area contributed by atoms with Crippen LogP contribution >= 0.6 is 0 Å². The average molecular weight is 282 g/mol. The molecule has 4 bridgehead atoms. The van der Waals surface area contributed by atoms with E-state index in [9.17, 15) is 10.2 Å². The summed E-state index contributed by atoms with van der Waals surface area (Å²) in [5.41, 5.74) is -1.52. The van der Waals surface area contributed by atoms with Gasteiger partial charge in [-0.2, -0.15) is 0 Å². The first-order valence-electron chi connectivity index (χ1n) is 7.71. The quantitative estimate of drug-likeness (QED) is 0.688. The number of ether oxygens (including phenoxy) is 3. The molecular formula is C15H22O5. The van der Waals surface area contributed by atoms with Crippen molar-refractivity contribution in [3.8, 4) is 0 Å². The molecule has 0 aromatic carbocycles. The first-order valence-corrected chi connectivity index (χ1v) is 7.71. The Labute approximate surface area is 118 Å². The van der Waals surface area contributed by atoms with E-state index in [1.54, 1.807) is 0 Å². The standard InChI is InChI=1S/C15H22O5/c1-12(17)3-4-15(10-9(12)19-10)11-18-8-5-13(15,2)14(6-8,7-16)20-11/h8-11,16-17H,3-7H2,1-2H3. The van der Waals surface area contributed by atoms with Crippen molar-refractivity contribution in [2.24, 2.45) is 10.8 Å². The maximum absolute atomic E-state index is 10.4. The number of hydrogen-bond donors (Lipinski definition) is 2. The zero-order valence-corrected chi connectivity index (χ0v) is 12.0. The zero-order valence-electron chi connectivity index (χ0n) is 12.0. The van der Waals surface area contributed by atoms with Crippen molar-refractivity contribution in [2.45, 2.75) is 75.3 Å². The third kappa shape index (κ3) is 1.00. The van der Waals surface area contributed by atoms with Crippen LogP contribution in [0.5, 0.6) is 0 Å². The molecule has 2 saturated carbocycles. The molecule has 8 unspecified atom stereocenters. The molecule has 4 aliphatic heterocycles. The van der Waals surface area contributed by atoms with Gasteiger partial charge in [0.1, 0.15) is 11.7 Å². The summed E-state index contributed by atoms with van der Waals surface area (Å²) in [6.07, 6.45) is 3.10. The molecule has 0 radical (unpaired) electrons. The lowest BCUT2D eigenvalue weighted by molar-refractivity contribution is -0.272. The lowest BCUT2D eigenvalue weighted by Crippen LogP contribution is -2.58. The molecular weight excluding hydrogens is 260 g/mol. The first-order chi connectivity index (χ1) is 9.39. The van der Waals surface area contributed by atoms with Crippen LogP contribution in [0.2, 0.25) is 0 Å². The van der Waals surface area contributed by atoms with E-state index in [0.29, 0.717) is 6.42 Å². The number of rotatable bonds is 1. The largest absolute Gasteiger partial charge is 0.393 e. The Hall–Kier alpha value is -0.200. The molecule has 4 saturated heterocycles. The van der Waals surface area contributed by atoms with E-state index >= 15 is 0 Å². The molecule has 6 aliphatic rings. The summed E-state index contributed by atoms with van der Waals surface area (Å²) >= 11 is 0. The van der Waals surface area contributed by atoms with Crippen molar-refractivity contribution in [2.75, 3.05) is 6.61 Å². The van der Waals surface area contributed by atoms with Gasteiger partial charge in [-0.25, -0.2) is 0 Å². The molecule has 20 heavy (non-hydrogen) atoms. The average Bonchev–Trinajstić information content (AvgIpc) is 3.14. The van der Waals surface area contributed by atoms with Crippen LogP contribution in [0.25, 0.3) is 0 Å². The third-order valence-corrected chi connectivity index (χ3v) is 7.21. The summed E-state index contributed by atoms with van der Waals surface area (Å²) in [4.78, 5) is 0. The maximum atomic E-state index is 10.4. The Balaban J connectivity index is 1.63. The highest BCUT2D eigenvalue weighted by molar-refractivity contribution is 5.29. The zero-order chi connectivity index (χ0) is 14.0. The highest BCUT2D eigenvalue weighted by Gasteiger charge is 2.85. The molecule has 0 aromatic rings. The van der Waals surface area contributed by atoms with Gasteiger partial charge in [0.25, 0.3) is 0 Å². The van der Waals surface area contributed by atoms with E-state index in [0.717, 1.165) is 19.3 Å². The Morgan fingerprint density at radius 2 is 1.90 bits per heavy atom. The number of aliphatic hydroxyl groups is 2. The molecule has 5 heteroatoms. The van der Waals surface area contributed by atoms with Gasteiger partial charge < -0.3 is 24.4 Å². The normalized spacial score (nSPS) is 69.6. The van der Waals surface area contributed by atoms with Gasteiger partial charge in [-0.05, 0) is 26.2 Å². The number of fused-ring (bicyclic) bond motifs is 1. The number of aliphatic hydroxyl groups excluding tert-OH is 1. The fourth-order valence-corrected chi connectivity index (χ4v) is 5.93. The molecule has 4 heterocycles. The molecule has 0 aromatic heterocycles. The Kier molecular flexibility index (Phi) is 1.92. The first kappa shape index (κ1) is 12.4. The fourth-order valence-electron chi connectivity index (χ4n) is 5.93. The minimum Gasteiger partial charge on any atom is -0.393 e. The minimum atomic E-state index is -0.738. The summed E-state index contributed by atoms with van der Waals surface area (Å²) in [7, 11) is 0. The number of hydrogen-bond acceptors (Lipinski definition) is 5. The van der Waals surface area contributed by atoms with Crippen molar-refractivity contribution in [1.82, 2.24) is 0 Å². The van der Waals surface area contributed by atoms with Crippen molar-refractivity contribution < 1.29 is 24.4 Å². The molecule has 112 valence electrons. The van der Waals surface area contributed by atoms with E-state index in [1.807, 2.05) is 6.92 Å². The van der Waals surface area contributed by atoms with E-state index < -0.39 is 11.2 Å². The van der Waals surface area contributed by atoms with Gasteiger partial charge in [-0.15, -0.1) is 0 Å². The lowest BCUT2D eigenvalue weighted by Gasteiger charge is -2.51. The van der Waals surface area contributed by atoms with E-state index in [2.05, 4.69) is 6.92 Å². The van der Waals surface area contributed by atoms with Crippen LogP contribution in [0.3, 0.4) is 0 Å². The smallest absolute Gasteiger partial charge is 0.167 e. The van der Waals surface area contributed by atoms with Gasteiger partial charge in [0, 0.05) is 11.8 Å². The van der Waals surface area contributed by atoms with Crippen LogP contribution in [0.1, 0.15) is 39.5 Å². The van der Waals surface area contributed by atoms with Gasteiger partial charge >= 0.3 is 0 Å². The SMILES string of the molecule is CC1(O)CCC2(C3OC4CC(CO)(O3)C2(C)C4)C2OC21. The van der Waals surface area contributed by atoms with E-state index in [-0.39, 0.29) is 42.0 Å². The van der Waals surface area contributed by atoms with Crippen molar-refractivity contribution >= 4 is 0 Å². The molecule has 0 amide bonds. The third-order valence-electron chi connectivity index (χ3n) is 7.21. The predicted molar refractivity (Wildman–Crippen MR) is 67.9 cm³/mol. The van der Waals surface area contributed by atoms with E-state index in [1.165, 1.54) is 0 Å². The predicted octanol–water partition coefficient (Wildman–Crippen LogP) is 0.571. The molecule has 6 rings (SSSR count). The molecule has 2 N–H and O–H groups in total. The van der Waals surface area contributed by atoms with Crippen LogP contribution in [0.15, 0.2) is 0 Å². The molecule has 2 aliphatic carbocycles. The Bertz CT molecular complexity index is 493. The summed E-state index contributed by atoms with van der Waals surface area (Å²) in [6, 6.07) is 0. The van der Waals surface area contributed by atoms with Crippen LogP contribution in [0, 0.1) is 10.8 Å². The second kappa shape index (κ2) is 3.10. The fraction of sp³-hybridized carbons (Fsp3) is 1.00. The summed E-state index contributed by atoms with van der Waals surface area (Å²) in [6.45, 7) is 4.15. The van der Waals surface area contributed by atoms with Crippen LogP contribution in [0.4, 0.5) is 0 Å². The monoisotopic (exact) mass is 282 g/mol. The van der Waals surface area contributed by atoms with Crippen molar-refractivity contribution in [1.29, 1.82) is 0 Å². The molecule has 8 atom stereocenters. The summed E-state index contributed by atoms with van der Waals surface area (Å²) in [5, 5.41) is 20.4. The molecule has 5 nitrogen and oxygen atoms in total. The second-order valence-electron chi connectivity index (χ2n) is 7.98. The van der Waals surface area contributed by atoms with Gasteiger partial charge in [-0.3, -0.25) is 0 Å². The van der Waals surface area contributed by atoms with Crippen molar-refractivity contribution in [3.05, 3.63) is 0 Å². The minimum absolute atomic E-state index is 0.00808. The number of epoxide rings is 1. The lowest BCUT2D eigenvalue weighted by atomic mass is 9.52. The summed E-state index contributed by atoms with van der Waals surface area (Å²) < 4.78 is 18.2. The van der Waals surface area contributed by atoms with Gasteiger partial charge in [0.05, 0.1) is 29.8 Å². The van der Waals surface area contributed by atoms with E-state index in [4.69, 9.17) is 14.2 Å². The Morgan fingerprint density at radius 3 is 2.65 bits per heavy atom. The highest BCUT2D eigenvalue weighted by Crippen LogP contribution is 2.76. The van der Waals surface area contributed by atoms with Gasteiger partial charge in [-0.1, -0.05) is 6.92 Å². The van der Waals surface area contributed by atoms with Crippen LogP contribution in [-0.4, -0.2) is 52.6 Å². The van der Waals surface area contributed by atoms with Crippen molar-refractivity contribution in [3.63, 3.8) is 0 Å². The van der Waals surface area contributed by atoms with Crippen LogP contribution in [-0.2, 0) is 14.2 Å². The topological polar surface area (TPSA) is 71.5 Å². The van der Waals surface area contributed by atoms with Crippen LogP contribution < -0.4 is 0 Å². The summed E-state index contributed by atoms with van der Waals surface area (Å²) in [5.74, 6) is 0. The van der Waals surface area contributed by atoms with Gasteiger partial charge in [0.2, 0.25) is 0 Å². The molecule has 6 fully saturated rings. The maximum Gasteiger partial charge on any atom is 0.167 e.